The number of alkyl halides is 3. The van der Waals surface area contributed by atoms with E-state index in [0.29, 0.717) is 6.07 Å². The maximum absolute atomic E-state index is 13.1. The molecule has 0 aliphatic rings. The molecule has 2 aromatic rings. The number of hydrogen-bond donors (Lipinski definition) is 0. The number of carbonyl (C=O) groups is 2. The van der Waals surface area contributed by atoms with Crippen molar-refractivity contribution in [1.29, 1.82) is 0 Å². The van der Waals surface area contributed by atoms with Crippen LogP contribution in [0.25, 0.3) is 0 Å². The first-order valence-electron chi connectivity index (χ1n) is 8.65. The Hall–Kier alpha value is -3.34. The van der Waals surface area contributed by atoms with E-state index in [1.54, 1.807) is 0 Å². The first-order chi connectivity index (χ1) is 14.5. The molecule has 0 aliphatic heterocycles. The van der Waals surface area contributed by atoms with Crippen LogP contribution in [0.15, 0.2) is 66.1 Å². The number of halogens is 3. The van der Waals surface area contributed by atoms with Gasteiger partial charge >= 0.3 is 18.1 Å². The Bertz CT molecular complexity index is 1080. The molecule has 0 spiro atoms. The molecular weight excluding hydrogens is 439 g/mol. The van der Waals surface area contributed by atoms with Crippen LogP contribution in [0, 0.1) is 0 Å². The summed E-state index contributed by atoms with van der Waals surface area (Å²) >= 11 is 0. The van der Waals surface area contributed by atoms with E-state index in [2.05, 4.69) is 11.3 Å². The number of benzene rings is 2. The zero-order valence-electron chi connectivity index (χ0n) is 16.3. The number of hydrogen-bond acceptors (Lipinski definition) is 6. The molecule has 0 bridgehead atoms. The van der Waals surface area contributed by atoms with E-state index in [4.69, 9.17) is 4.74 Å². The average Bonchev–Trinajstić information content (AvgIpc) is 2.74. The monoisotopic (exact) mass is 457 g/mol. The molecule has 0 radical (unpaired) electrons. The van der Waals surface area contributed by atoms with Crippen LogP contribution < -0.4 is 4.31 Å². The van der Waals surface area contributed by atoms with Gasteiger partial charge in [-0.2, -0.15) is 13.2 Å². The second-order valence-electron chi connectivity index (χ2n) is 6.05. The SMILES string of the molecule is C=CCN(c1cccc(C(F)(F)F)c1)S(=O)(=O)c1cccc(C(=O)OCC(=O)OC)c1. The zero-order chi connectivity index (χ0) is 23.2. The molecular formula is C20H18F3NO6S. The third-order valence-corrected chi connectivity index (χ3v) is 5.75. The third kappa shape index (κ3) is 5.85. The van der Waals surface area contributed by atoms with Crippen LogP contribution >= 0.6 is 0 Å². The number of ether oxygens (including phenoxy) is 2. The lowest BCUT2D eigenvalue weighted by Gasteiger charge is -2.24. The summed E-state index contributed by atoms with van der Waals surface area (Å²) in [6, 6.07) is 8.53. The van der Waals surface area contributed by atoms with Crippen LogP contribution in [-0.4, -0.2) is 40.6 Å². The normalized spacial score (nSPS) is 11.5. The van der Waals surface area contributed by atoms with Crippen LogP contribution in [0.3, 0.4) is 0 Å². The van der Waals surface area contributed by atoms with E-state index in [-0.39, 0.29) is 22.7 Å². The maximum Gasteiger partial charge on any atom is 0.416 e. The van der Waals surface area contributed by atoms with Crippen LogP contribution in [0.1, 0.15) is 15.9 Å². The highest BCUT2D eigenvalue weighted by Gasteiger charge is 2.32. The quantitative estimate of drug-likeness (QED) is 0.446. The second-order valence-corrected chi connectivity index (χ2v) is 7.92. The van der Waals surface area contributed by atoms with Gasteiger partial charge in [0.2, 0.25) is 0 Å². The fraction of sp³-hybridized carbons (Fsp3) is 0.200. The highest BCUT2D eigenvalue weighted by molar-refractivity contribution is 7.92. The molecule has 0 aromatic heterocycles. The van der Waals surface area contributed by atoms with Gasteiger partial charge in [0.1, 0.15) is 0 Å². The summed E-state index contributed by atoms with van der Waals surface area (Å²) in [6.45, 7) is 2.47. The van der Waals surface area contributed by atoms with Gasteiger partial charge in [-0.05, 0) is 36.4 Å². The summed E-state index contributed by atoms with van der Waals surface area (Å²) in [5.74, 6) is -1.78. The number of sulfonamides is 1. The minimum Gasteiger partial charge on any atom is -0.466 e. The van der Waals surface area contributed by atoms with Crippen molar-refractivity contribution in [3.63, 3.8) is 0 Å². The van der Waals surface area contributed by atoms with Gasteiger partial charge in [-0.25, -0.2) is 18.0 Å². The summed E-state index contributed by atoms with van der Waals surface area (Å²) in [6.07, 6.45) is -3.45. The lowest BCUT2D eigenvalue weighted by molar-refractivity contribution is -0.144. The Kier molecular flexibility index (Phi) is 7.45. The minimum atomic E-state index is -4.66. The number of anilines is 1. The molecule has 0 atom stereocenters. The second kappa shape index (κ2) is 9.65. The molecule has 0 amide bonds. The van der Waals surface area contributed by atoms with E-state index >= 15 is 0 Å². The van der Waals surface area contributed by atoms with Crippen molar-refractivity contribution in [3.05, 3.63) is 72.3 Å². The van der Waals surface area contributed by atoms with Crippen LogP contribution in [0.2, 0.25) is 0 Å². The molecule has 166 valence electrons. The first kappa shape index (κ1) is 23.9. The van der Waals surface area contributed by atoms with Gasteiger partial charge in [-0.15, -0.1) is 6.58 Å². The number of methoxy groups -OCH3 is 1. The largest absolute Gasteiger partial charge is 0.466 e. The van der Waals surface area contributed by atoms with Crippen LogP contribution in [-0.2, 0) is 30.5 Å². The van der Waals surface area contributed by atoms with Crippen molar-refractivity contribution in [2.45, 2.75) is 11.1 Å². The Balaban J connectivity index is 2.43. The molecule has 0 fully saturated rings. The number of esters is 2. The smallest absolute Gasteiger partial charge is 0.416 e. The van der Waals surface area contributed by atoms with Gasteiger partial charge < -0.3 is 9.47 Å². The van der Waals surface area contributed by atoms with E-state index in [1.165, 1.54) is 30.3 Å². The molecule has 0 aliphatic carbocycles. The van der Waals surface area contributed by atoms with Crippen LogP contribution in [0.5, 0.6) is 0 Å². The van der Waals surface area contributed by atoms with Gasteiger partial charge in [0.25, 0.3) is 10.0 Å². The fourth-order valence-electron chi connectivity index (χ4n) is 2.47. The summed E-state index contributed by atoms with van der Waals surface area (Å²) < 4.78 is 75.3. The van der Waals surface area contributed by atoms with Gasteiger partial charge in [0, 0.05) is 0 Å². The first-order valence-corrected chi connectivity index (χ1v) is 10.1. The average molecular weight is 457 g/mol. The highest BCUT2D eigenvalue weighted by atomic mass is 32.2. The Morgan fingerprint density at radius 2 is 1.81 bits per heavy atom. The standard InChI is InChI=1S/C20H18F3NO6S/c1-3-10-24(16-8-5-7-15(12-16)20(21,22)23)31(27,28)17-9-4-6-14(11-17)19(26)30-13-18(25)29-2/h3-9,11-12H,1,10,13H2,2H3. The van der Waals surface area contributed by atoms with E-state index in [9.17, 15) is 31.2 Å². The maximum atomic E-state index is 13.1. The number of nitrogens with zero attached hydrogens (tertiary/aromatic N) is 1. The fourth-order valence-corrected chi connectivity index (χ4v) is 3.95. The van der Waals surface area contributed by atoms with Crippen molar-refractivity contribution in [3.8, 4) is 0 Å². The topological polar surface area (TPSA) is 90.0 Å². The third-order valence-electron chi connectivity index (χ3n) is 3.96. The lowest BCUT2D eigenvalue weighted by Crippen LogP contribution is -2.31. The van der Waals surface area contributed by atoms with Crippen molar-refractivity contribution in [2.24, 2.45) is 0 Å². The summed E-state index contributed by atoms with van der Waals surface area (Å²) in [7, 11) is -3.27. The van der Waals surface area contributed by atoms with Crippen molar-refractivity contribution in [2.75, 3.05) is 24.6 Å². The van der Waals surface area contributed by atoms with E-state index in [1.807, 2.05) is 0 Å². The molecule has 0 N–H and O–H groups in total. The summed E-state index contributed by atoms with van der Waals surface area (Å²) in [5.41, 5.74) is -1.42. The Morgan fingerprint density at radius 3 is 2.42 bits per heavy atom. The van der Waals surface area contributed by atoms with Gasteiger partial charge in [-0.1, -0.05) is 18.2 Å². The molecule has 2 aromatic carbocycles. The molecule has 31 heavy (non-hydrogen) atoms. The summed E-state index contributed by atoms with van der Waals surface area (Å²) in [4.78, 5) is 22.8. The van der Waals surface area contributed by atoms with E-state index in [0.717, 1.165) is 29.6 Å². The molecule has 2 rings (SSSR count). The predicted octanol–water partition coefficient (Wildman–Crippen LogP) is 3.42. The zero-order valence-corrected chi connectivity index (χ0v) is 17.1. The van der Waals surface area contributed by atoms with Crippen LogP contribution in [0.4, 0.5) is 18.9 Å². The van der Waals surface area contributed by atoms with Gasteiger partial charge in [0.15, 0.2) is 6.61 Å². The predicted molar refractivity (Wildman–Crippen MR) is 105 cm³/mol. The van der Waals surface area contributed by atoms with Gasteiger partial charge in [0.05, 0.1) is 35.4 Å². The Morgan fingerprint density at radius 1 is 1.13 bits per heavy atom. The van der Waals surface area contributed by atoms with E-state index < -0.39 is 40.3 Å². The molecule has 0 saturated heterocycles. The molecule has 0 saturated carbocycles. The summed E-state index contributed by atoms with van der Waals surface area (Å²) in [5, 5.41) is 0. The Labute approximate surface area is 176 Å². The van der Waals surface area contributed by atoms with Crippen molar-refractivity contribution >= 4 is 27.6 Å². The number of carbonyl (C=O) groups excluding carboxylic acids is 2. The molecule has 7 nitrogen and oxygen atoms in total. The number of rotatable bonds is 8. The molecule has 0 heterocycles. The van der Waals surface area contributed by atoms with Gasteiger partial charge in [-0.3, -0.25) is 4.31 Å². The van der Waals surface area contributed by atoms with Crippen molar-refractivity contribution in [1.82, 2.24) is 0 Å². The lowest BCUT2D eigenvalue weighted by atomic mass is 10.2. The molecule has 11 heteroatoms. The molecule has 0 unspecified atom stereocenters. The van der Waals surface area contributed by atoms with Crippen molar-refractivity contribution < 1.29 is 40.7 Å². The minimum absolute atomic E-state index is 0.174. The highest BCUT2D eigenvalue weighted by Crippen LogP contribution is 2.33.